The van der Waals surface area contributed by atoms with Crippen molar-refractivity contribution < 1.29 is 5.11 Å². The molecule has 0 fully saturated rings. The number of imidazole rings is 1. The first-order valence-electron chi connectivity index (χ1n) is 6.10. The topological polar surface area (TPSA) is 38.0 Å². The molecule has 1 N–H and O–H groups in total. The van der Waals surface area contributed by atoms with E-state index in [1.807, 2.05) is 24.5 Å². The predicted octanol–water partition coefficient (Wildman–Crippen LogP) is 3.07. The molecule has 0 spiro atoms. The fraction of sp³-hybridized carbons (Fsp3) is 0.133. The van der Waals surface area contributed by atoms with E-state index < -0.39 is 0 Å². The summed E-state index contributed by atoms with van der Waals surface area (Å²) in [6.45, 7) is 0.690. The Labute approximate surface area is 125 Å². The van der Waals surface area contributed by atoms with Crippen LogP contribution in [0.5, 0.6) is 0 Å². The smallest absolute Gasteiger partial charge is 0.150 e. The Morgan fingerprint density at radius 1 is 1.30 bits per heavy atom. The minimum Gasteiger partial charge on any atom is -0.384 e. The maximum atomic E-state index is 8.70. The lowest BCUT2D eigenvalue weighted by atomic mass is 10.4. The van der Waals surface area contributed by atoms with Crippen LogP contribution < -0.4 is 0 Å². The number of hydrogen-bond donors (Lipinski definition) is 1. The Morgan fingerprint density at radius 2 is 2.25 bits per heavy atom. The van der Waals surface area contributed by atoms with Crippen LogP contribution in [-0.2, 0) is 6.54 Å². The molecule has 0 unspecified atom stereocenters. The number of nitrogens with zero attached hydrogens (tertiary/aromatic N) is 2. The lowest BCUT2D eigenvalue weighted by molar-refractivity contribution is 0.350. The van der Waals surface area contributed by atoms with Crippen LogP contribution in [0.4, 0.5) is 0 Å². The van der Waals surface area contributed by atoms with Crippen molar-refractivity contribution in [2.75, 3.05) is 6.61 Å². The van der Waals surface area contributed by atoms with Crippen LogP contribution >= 0.6 is 22.7 Å². The van der Waals surface area contributed by atoms with Gasteiger partial charge in [0.15, 0.2) is 0 Å². The SMILES string of the molecule is OCC#Cc1ccc(Cn2ccnc2-c2cccs2)s1. The van der Waals surface area contributed by atoms with Gasteiger partial charge in [0.1, 0.15) is 12.4 Å². The molecule has 0 aliphatic carbocycles. The molecule has 0 amide bonds. The van der Waals surface area contributed by atoms with E-state index in [0.717, 1.165) is 17.2 Å². The first-order chi connectivity index (χ1) is 9.86. The second-order valence-electron chi connectivity index (χ2n) is 4.08. The van der Waals surface area contributed by atoms with E-state index in [1.54, 1.807) is 22.7 Å². The van der Waals surface area contributed by atoms with Crippen molar-refractivity contribution in [1.82, 2.24) is 9.55 Å². The highest BCUT2D eigenvalue weighted by Crippen LogP contribution is 2.25. The zero-order valence-electron chi connectivity index (χ0n) is 10.6. The third-order valence-corrected chi connectivity index (χ3v) is 4.59. The summed E-state index contributed by atoms with van der Waals surface area (Å²) in [5.74, 6) is 6.60. The van der Waals surface area contributed by atoms with Crippen molar-refractivity contribution in [2.45, 2.75) is 6.54 Å². The minimum atomic E-state index is -0.0999. The zero-order valence-corrected chi connectivity index (χ0v) is 12.2. The van der Waals surface area contributed by atoms with Crippen molar-refractivity contribution in [3.63, 3.8) is 0 Å². The molecule has 20 heavy (non-hydrogen) atoms. The zero-order chi connectivity index (χ0) is 13.8. The standard InChI is InChI=1S/C15H12N2OS2/c18-9-1-3-12-5-6-13(20-12)11-17-8-7-16-15(17)14-4-2-10-19-14/h2,4-8,10,18H,9,11H2. The van der Waals surface area contributed by atoms with E-state index in [2.05, 4.69) is 38.9 Å². The summed E-state index contributed by atoms with van der Waals surface area (Å²) >= 11 is 3.34. The van der Waals surface area contributed by atoms with Crippen LogP contribution in [0.2, 0.25) is 0 Å². The van der Waals surface area contributed by atoms with Gasteiger partial charge in [0.25, 0.3) is 0 Å². The van der Waals surface area contributed by atoms with Gasteiger partial charge in [-0.3, -0.25) is 0 Å². The fourth-order valence-electron chi connectivity index (χ4n) is 1.89. The van der Waals surface area contributed by atoms with E-state index in [1.165, 1.54) is 9.75 Å². The number of rotatable bonds is 3. The van der Waals surface area contributed by atoms with Gasteiger partial charge in [-0.25, -0.2) is 4.98 Å². The highest BCUT2D eigenvalue weighted by molar-refractivity contribution is 7.13. The van der Waals surface area contributed by atoms with Gasteiger partial charge in [0.05, 0.1) is 16.3 Å². The Hall–Kier alpha value is -1.87. The monoisotopic (exact) mass is 300 g/mol. The molecule has 0 saturated heterocycles. The van der Waals surface area contributed by atoms with Crippen LogP contribution in [0.25, 0.3) is 10.7 Å². The van der Waals surface area contributed by atoms with Gasteiger partial charge >= 0.3 is 0 Å². The Balaban J connectivity index is 1.82. The second kappa shape index (κ2) is 6.06. The third-order valence-electron chi connectivity index (χ3n) is 2.74. The van der Waals surface area contributed by atoms with Gasteiger partial charge in [-0.1, -0.05) is 17.9 Å². The molecule has 0 aliphatic rings. The van der Waals surface area contributed by atoms with Gasteiger partial charge in [0.2, 0.25) is 0 Å². The van der Waals surface area contributed by atoms with Crippen molar-refractivity contribution in [1.29, 1.82) is 0 Å². The van der Waals surface area contributed by atoms with Crippen molar-refractivity contribution in [3.05, 3.63) is 51.8 Å². The van der Waals surface area contributed by atoms with Crippen LogP contribution in [-0.4, -0.2) is 21.3 Å². The number of hydrogen-bond acceptors (Lipinski definition) is 4. The molecule has 0 aliphatic heterocycles. The van der Waals surface area contributed by atoms with Crippen LogP contribution in [0.15, 0.2) is 42.0 Å². The number of aliphatic hydroxyl groups is 1. The molecule has 100 valence electrons. The summed E-state index contributed by atoms with van der Waals surface area (Å²) in [4.78, 5) is 7.80. The molecule has 3 rings (SSSR count). The molecular weight excluding hydrogens is 288 g/mol. The Morgan fingerprint density at radius 3 is 3.05 bits per heavy atom. The summed E-state index contributed by atoms with van der Waals surface area (Å²) in [5, 5.41) is 10.8. The molecule has 3 nitrogen and oxygen atoms in total. The summed E-state index contributed by atoms with van der Waals surface area (Å²) < 4.78 is 2.14. The molecule has 3 aromatic rings. The molecule has 0 radical (unpaired) electrons. The molecule has 0 atom stereocenters. The Bertz CT molecular complexity index is 744. The molecular formula is C15H12N2OS2. The molecule has 0 saturated carbocycles. The molecule has 5 heteroatoms. The van der Waals surface area contributed by atoms with E-state index in [0.29, 0.717) is 0 Å². The summed E-state index contributed by atoms with van der Waals surface area (Å²) in [5.41, 5.74) is 0. The van der Waals surface area contributed by atoms with E-state index in [9.17, 15) is 0 Å². The number of aromatic nitrogens is 2. The quantitative estimate of drug-likeness (QED) is 0.755. The maximum absolute atomic E-state index is 8.70. The average molecular weight is 300 g/mol. The van der Waals surface area contributed by atoms with E-state index in [4.69, 9.17) is 5.11 Å². The van der Waals surface area contributed by atoms with Crippen molar-refractivity contribution in [3.8, 4) is 22.5 Å². The summed E-state index contributed by atoms with van der Waals surface area (Å²) in [6, 6.07) is 8.18. The molecule has 0 aromatic carbocycles. The highest BCUT2D eigenvalue weighted by atomic mass is 32.1. The summed E-state index contributed by atoms with van der Waals surface area (Å²) in [6.07, 6.45) is 3.82. The van der Waals surface area contributed by atoms with Crippen molar-refractivity contribution in [2.24, 2.45) is 0 Å². The fourth-order valence-corrected chi connectivity index (χ4v) is 3.51. The maximum Gasteiger partial charge on any atom is 0.150 e. The van der Waals surface area contributed by atoms with E-state index in [-0.39, 0.29) is 6.61 Å². The first kappa shape index (κ1) is 13.1. The number of thiophene rings is 2. The van der Waals surface area contributed by atoms with Crippen LogP contribution in [0.3, 0.4) is 0 Å². The first-order valence-corrected chi connectivity index (χ1v) is 7.80. The normalized spacial score (nSPS) is 10.2. The second-order valence-corrected chi connectivity index (χ2v) is 6.20. The third kappa shape index (κ3) is 2.83. The minimum absolute atomic E-state index is 0.0999. The van der Waals surface area contributed by atoms with Gasteiger partial charge in [-0.2, -0.15) is 0 Å². The van der Waals surface area contributed by atoms with Gasteiger partial charge < -0.3 is 9.67 Å². The highest BCUT2D eigenvalue weighted by Gasteiger charge is 2.08. The predicted molar refractivity (Wildman–Crippen MR) is 82.9 cm³/mol. The average Bonchev–Trinajstić information content (AvgIpc) is 3.18. The number of aliphatic hydroxyl groups excluding tert-OH is 1. The van der Waals surface area contributed by atoms with E-state index >= 15 is 0 Å². The van der Waals surface area contributed by atoms with Gasteiger partial charge in [0, 0.05) is 17.3 Å². The molecule has 3 heterocycles. The Kier molecular flexibility index (Phi) is 3.97. The van der Waals surface area contributed by atoms with Crippen LogP contribution in [0, 0.1) is 11.8 Å². The molecule has 0 bridgehead atoms. The van der Waals surface area contributed by atoms with Crippen molar-refractivity contribution >= 4 is 22.7 Å². The van der Waals surface area contributed by atoms with Gasteiger partial charge in [-0.05, 0) is 23.6 Å². The lowest BCUT2D eigenvalue weighted by Gasteiger charge is -2.04. The largest absolute Gasteiger partial charge is 0.384 e. The lowest BCUT2D eigenvalue weighted by Crippen LogP contribution is -1.98. The van der Waals surface area contributed by atoms with Gasteiger partial charge in [-0.15, -0.1) is 22.7 Å². The molecule has 3 aromatic heterocycles. The van der Waals surface area contributed by atoms with Crippen LogP contribution in [0.1, 0.15) is 9.75 Å². The summed E-state index contributed by atoms with van der Waals surface area (Å²) in [7, 11) is 0.